The maximum Gasteiger partial charge on any atom is 0.151 e. The molecule has 0 aromatic heterocycles. The first kappa shape index (κ1) is 18.5. The van der Waals surface area contributed by atoms with Crippen LogP contribution >= 0.6 is 15.9 Å². The molecule has 0 radical (unpaired) electrons. The average molecular weight is 384 g/mol. The minimum absolute atomic E-state index is 0.0225. The van der Waals surface area contributed by atoms with E-state index in [1.807, 2.05) is 6.92 Å². The summed E-state index contributed by atoms with van der Waals surface area (Å²) in [6.07, 6.45) is 1.91. The standard InChI is InChI=1S/C14H20BrF2NO2S/c1-4-7-18-13(9(2)21(3,19)20)8-10-12(16)6-5-11(15)14(10)17/h5-6,9,13,18H,4,7-8H2,1-3H3. The zero-order valence-corrected chi connectivity index (χ0v) is 14.7. The molecule has 2 atom stereocenters. The molecule has 0 aliphatic heterocycles. The van der Waals surface area contributed by atoms with E-state index in [0.29, 0.717) is 6.54 Å². The van der Waals surface area contributed by atoms with Crippen molar-refractivity contribution in [2.45, 2.75) is 38.0 Å². The Morgan fingerprint density at radius 3 is 2.48 bits per heavy atom. The smallest absolute Gasteiger partial charge is 0.151 e. The Labute approximate surface area is 133 Å². The lowest BCUT2D eigenvalue weighted by molar-refractivity contribution is 0.459. The lowest BCUT2D eigenvalue weighted by Gasteiger charge is -2.24. The largest absolute Gasteiger partial charge is 0.312 e. The molecule has 120 valence electrons. The van der Waals surface area contributed by atoms with Crippen LogP contribution in [0, 0.1) is 11.6 Å². The van der Waals surface area contributed by atoms with Gasteiger partial charge in [0.05, 0.1) is 9.72 Å². The molecule has 2 unspecified atom stereocenters. The van der Waals surface area contributed by atoms with Crippen molar-refractivity contribution in [1.82, 2.24) is 5.32 Å². The highest BCUT2D eigenvalue weighted by Crippen LogP contribution is 2.24. The van der Waals surface area contributed by atoms with Gasteiger partial charge in [-0.2, -0.15) is 0 Å². The minimum Gasteiger partial charge on any atom is -0.312 e. The second kappa shape index (κ2) is 7.65. The lowest BCUT2D eigenvalue weighted by Crippen LogP contribution is -2.44. The van der Waals surface area contributed by atoms with Gasteiger partial charge < -0.3 is 5.32 Å². The summed E-state index contributed by atoms with van der Waals surface area (Å²) >= 11 is 3.02. The number of rotatable bonds is 7. The van der Waals surface area contributed by atoms with Gasteiger partial charge in [0.15, 0.2) is 9.84 Å². The van der Waals surface area contributed by atoms with Gasteiger partial charge >= 0.3 is 0 Å². The van der Waals surface area contributed by atoms with Crippen LogP contribution in [0.25, 0.3) is 0 Å². The fourth-order valence-electron chi connectivity index (χ4n) is 2.01. The summed E-state index contributed by atoms with van der Waals surface area (Å²) < 4.78 is 51.5. The Morgan fingerprint density at radius 2 is 1.95 bits per heavy atom. The average Bonchev–Trinajstić information content (AvgIpc) is 2.41. The zero-order valence-electron chi connectivity index (χ0n) is 12.3. The van der Waals surface area contributed by atoms with E-state index in [2.05, 4.69) is 21.2 Å². The van der Waals surface area contributed by atoms with E-state index >= 15 is 0 Å². The second-order valence-electron chi connectivity index (χ2n) is 5.12. The molecule has 0 fully saturated rings. The topological polar surface area (TPSA) is 46.2 Å². The molecule has 1 aromatic carbocycles. The van der Waals surface area contributed by atoms with Crippen molar-refractivity contribution in [3.05, 3.63) is 33.8 Å². The molecule has 0 saturated carbocycles. The van der Waals surface area contributed by atoms with Crippen molar-refractivity contribution in [2.24, 2.45) is 0 Å². The predicted octanol–water partition coefficient (Wildman–Crippen LogP) is 3.07. The van der Waals surface area contributed by atoms with Gasteiger partial charge in [-0.25, -0.2) is 17.2 Å². The third-order valence-electron chi connectivity index (χ3n) is 3.46. The molecule has 0 aliphatic carbocycles. The Bertz CT molecular complexity index is 593. The summed E-state index contributed by atoms with van der Waals surface area (Å²) in [6, 6.07) is 1.92. The molecule has 0 saturated heterocycles. The van der Waals surface area contributed by atoms with Crippen LogP contribution in [-0.2, 0) is 16.3 Å². The molecule has 21 heavy (non-hydrogen) atoms. The fourth-order valence-corrected chi connectivity index (χ4v) is 3.17. The van der Waals surface area contributed by atoms with Gasteiger partial charge in [0.25, 0.3) is 0 Å². The third kappa shape index (κ3) is 5.00. The Morgan fingerprint density at radius 1 is 1.33 bits per heavy atom. The van der Waals surface area contributed by atoms with E-state index < -0.39 is 32.8 Å². The Hall–Kier alpha value is -0.530. The van der Waals surface area contributed by atoms with E-state index in [4.69, 9.17) is 0 Å². The minimum atomic E-state index is -3.31. The first-order chi connectivity index (χ1) is 9.68. The number of halogens is 3. The fraction of sp³-hybridized carbons (Fsp3) is 0.571. The van der Waals surface area contributed by atoms with E-state index in [1.54, 1.807) is 6.92 Å². The molecular weight excluding hydrogens is 364 g/mol. The van der Waals surface area contributed by atoms with E-state index in [9.17, 15) is 17.2 Å². The number of hydrogen-bond donors (Lipinski definition) is 1. The summed E-state index contributed by atoms with van der Waals surface area (Å²) in [5, 5.41) is 2.34. The second-order valence-corrected chi connectivity index (χ2v) is 8.38. The molecular formula is C14H20BrF2NO2S. The molecule has 0 aliphatic rings. The first-order valence-corrected chi connectivity index (χ1v) is 9.47. The predicted molar refractivity (Wildman–Crippen MR) is 84.1 cm³/mol. The number of hydrogen-bond acceptors (Lipinski definition) is 3. The lowest BCUT2D eigenvalue weighted by atomic mass is 10.0. The highest BCUT2D eigenvalue weighted by atomic mass is 79.9. The maximum absolute atomic E-state index is 14.0. The van der Waals surface area contributed by atoms with Crippen molar-refractivity contribution in [1.29, 1.82) is 0 Å². The van der Waals surface area contributed by atoms with Gasteiger partial charge in [-0.05, 0) is 54.4 Å². The molecule has 0 spiro atoms. The van der Waals surface area contributed by atoms with Crippen molar-refractivity contribution < 1.29 is 17.2 Å². The summed E-state index contributed by atoms with van der Waals surface area (Å²) in [5.74, 6) is -1.35. The van der Waals surface area contributed by atoms with Crippen LogP contribution in [0.5, 0.6) is 0 Å². The number of nitrogens with one attached hydrogen (secondary N) is 1. The summed E-state index contributed by atoms with van der Waals surface area (Å²) in [4.78, 5) is 0. The molecule has 1 rings (SSSR count). The summed E-state index contributed by atoms with van der Waals surface area (Å²) in [5.41, 5.74) is -0.103. The van der Waals surface area contributed by atoms with Gasteiger partial charge in [0, 0.05) is 17.9 Å². The van der Waals surface area contributed by atoms with Crippen LogP contribution < -0.4 is 5.32 Å². The van der Waals surface area contributed by atoms with Crippen LogP contribution in [0.4, 0.5) is 8.78 Å². The molecule has 1 aromatic rings. The van der Waals surface area contributed by atoms with E-state index in [-0.39, 0.29) is 16.5 Å². The third-order valence-corrected chi connectivity index (χ3v) is 5.75. The zero-order chi connectivity index (χ0) is 16.2. The van der Waals surface area contributed by atoms with Crippen LogP contribution in [0.2, 0.25) is 0 Å². The van der Waals surface area contributed by atoms with Gasteiger partial charge in [-0.3, -0.25) is 0 Å². The Kier molecular flexibility index (Phi) is 6.74. The van der Waals surface area contributed by atoms with E-state index in [0.717, 1.165) is 12.7 Å². The number of sulfone groups is 1. The van der Waals surface area contributed by atoms with Gasteiger partial charge in [0.1, 0.15) is 11.6 Å². The number of benzene rings is 1. The molecule has 7 heteroatoms. The molecule has 0 bridgehead atoms. The maximum atomic E-state index is 14.0. The van der Waals surface area contributed by atoms with Gasteiger partial charge in [0.2, 0.25) is 0 Å². The monoisotopic (exact) mass is 383 g/mol. The van der Waals surface area contributed by atoms with Crippen LogP contribution in [-0.4, -0.2) is 32.5 Å². The van der Waals surface area contributed by atoms with Crippen molar-refractivity contribution in [3.63, 3.8) is 0 Å². The van der Waals surface area contributed by atoms with E-state index in [1.165, 1.54) is 12.1 Å². The normalized spacial score (nSPS) is 15.0. The summed E-state index contributed by atoms with van der Waals surface area (Å²) in [6.45, 7) is 4.08. The molecule has 3 nitrogen and oxygen atoms in total. The van der Waals surface area contributed by atoms with Crippen molar-refractivity contribution in [3.8, 4) is 0 Å². The van der Waals surface area contributed by atoms with Crippen molar-refractivity contribution >= 4 is 25.8 Å². The highest BCUT2D eigenvalue weighted by Gasteiger charge is 2.28. The Balaban J connectivity index is 3.10. The molecule has 0 amide bonds. The van der Waals surface area contributed by atoms with Crippen LogP contribution in [0.1, 0.15) is 25.8 Å². The van der Waals surface area contributed by atoms with Gasteiger partial charge in [-0.1, -0.05) is 6.92 Å². The highest BCUT2D eigenvalue weighted by molar-refractivity contribution is 9.10. The van der Waals surface area contributed by atoms with Crippen LogP contribution in [0.3, 0.4) is 0 Å². The molecule has 1 N–H and O–H groups in total. The first-order valence-electron chi connectivity index (χ1n) is 6.73. The van der Waals surface area contributed by atoms with Crippen LogP contribution in [0.15, 0.2) is 16.6 Å². The SMILES string of the molecule is CCCNC(Cc1c(F)ccc(Br)c1F)C(C)S(C)(=O)=O. The van der Waals surface area contributed by atoms with Crippen molar-refractivity contribution in [2.75, 3.05) is 12.8 Å². The molecule has 0 heterocycles. The quantitative estimate of drug-likeness (QED) is 0.735. The summed E-state index contributed by atoms with van der Waals surface area (Å²) in [7, 11) is -3.31. The van der Waals surface area contributed by atoms with Gasteiger partial charge in [-0.15, -0.1) is 0 Å².